The number of hydrogen-bond acceptors (Lipinski definition) is 5. The lowest BCUT2D eigenvalue weighted by Gasteiger charge is -2.32. The fourth-order valence-electron chi connectivity index (χ4n) is 2.55. The maximum Gasteiger partial charge on any atom is 0.492 e. The molecule has 0 aromatic heterocycles. The second-order valence-corrected chi connectivity index (χ2v) is 7.42. The number of benzene rings is 1. The van der Waals surface area contributed by atoms with Crippen LogP contribution in [0.5, 0.6) is 0 Å². The highest BCUT2D eigenvalue weighted by molar-refractivity contribution is 6.56. The lowest BCUT2D eigenvalue weighted by molar-refractivity contribution is -0.118. The first-order valence-corrected chi connectivity index (χ1v) is 8.66. The van der Waals surface area contributed by atoms with E-state index in [9.17, 15) is 14.0 Å². The molecule has 146 valence electrons. The molecule has 0 saturated carbocycles. The Morgan fingerprint density at radius 1 is 1.22 bits per heavy atom. The summed E-state index contributed by atoms with van der Waals surface area (Å²) in [5, 5.41) is 2.68. The molecule has 0 radical (unpaired) electrons. The summed E-state index contributed by atoms with van der Waals surface area (Å²) in [5.74, 6) is -1.70. The van der Waals surface area contributed by atoms with Gasteiger partial charge in [-0.05, 0) is 39.2 Å². The molecule has 1 aromatic rings. The molecule has 0 unspecified atom stereocenters. The van der Waals surface area contributed by atoms with Gasteiger partial charge in [-0.25, -0.2) is 9.18 Å². The van der Waals surface area contributed by atoms with E-state index in [0.717, 1.165) is 0 Å². The number of nitrogens with one attached hydrogen (secondary N) is 1. The molecule has 1 N–H and O–H groups in total. The normalized spacial score (nSPS) is 18.3. The van der Waals surface area contributed by atoms with Crippen molar-refractivity contribution in [1.82, 2.24) is 5.32 Å². The number of methoxy groups -OCH3 is 1. The Labute approximate surface area is 159 Å². The average molecular weight is 377 g/mol. The largest absolute Gasteiger partial charge is 0.492 e. The Morgan fingerprint density at radius 3 is 2.33 bits per heavy atom. The van der Waals surface area contributed by atoms with Gasteiger partial charge in [-0.2, -0.15) is 0 Å². The molecule has 1 aromatic carbocycles. The minimum Gasteiger partial charge on any atom is -0.465 e. The van der Waals surface area contributed by atoms with Crippen molar-refractivity contribution >= 4 is 25.1 Å². The number of halogens is 1. The molecule has 1 aliphatic heterocycles. The molecule has 1 fully saturated rings. The zero-order valence-corrected chi connectivity index (χ0v) is 16.5. The molecular weight excluding hydrogens is 352 g/mol. The lowest BCUT2D eigenvalue weighted by atomic mass is 9.76. The molecule has 6 nitrogen and oxygen atoms in total. The summed E-state index contributed by atoms with van der Waals surface area (Å²) in [4.78, 5) is 23.1. The van der Waals surface area contributed by atoms with Gasteiger partial charge in [0.05, 0.1) is 23.9 Å². The van der Waals surface area contributed by atoms with E-state index in [1.54, 1.807) is 6.07 Å². The van der Waals surface area contributed by atoms with Crippen molar-refractivity contribution < 1.29 is 28.0 Å². The summed E-state index contributed by atoms with van der Waals surface area (Å²) in [7, 11) is 0.430. The summed E-state index contributed by atoms with van der Waals surface area (Å²) < 4.78 is 31.4. The molecule has 0 atom stereocenters. The predicted molar refractivity (Wildman–Crippen MR) is 100 cm³/mol. The van der Waals surface area contributed by atoms with Gasteiger partial charge in [0.25, 0.3) is 0 Å². The van der Waals surface area contributed by atoms with Crippen LogP contribution in [-0.4, -0.2) is 43.9 Å². The maximum absolute atomic E-state index is 14.7. The highest BCUT2D eigenvalue weighted by atomic mass is 19.1. The third kappa shape index (κ3) is 4.57. The zero-order chi connectivity index (χ0) is 20.4. The molecule has 1 amide bonds. The molecule has 0 aliphatic carbocycles. The number of esters is 1. The monoisotopic (exact) mass is 377 g/mol. The van der Waals surface area contributed by atoms with E-state index in [-0.39, 0.29) is 23.6 Å². The predicted octanol–water partition coefficient (Wildman–Crippen LogP) is 2.76. The Balaban J connectivity index is 2.43. The molecule has 1 aliphatic rings. The van der Waals surface area contributed by atoms with E-state index in [1.165, 1.54) is 32.2 Å². The third-order valence-corrected chi connectivity index (χ3v) is 4.87. The van der Waals surface area contributed by atoms with E-state index in [2.05, 4.69) is 10.1 Å². The summed E-state index contributed by atoms with van der Waals surface area (Å²) in [6.07, 6.45) is 1.53. The van der Waals surface area contributed by atoms with Crippen LogP contribution in [0, 0.1) is 5.82 Å². The third-order valence-electron chi connectivity index (χ3n) is 4.87. The van der Waals surface area contributed by atoms with E-state index >= 15 is 0 Å². The first-order chi connectivity index (χ1) is 12.5. The van der Waals surface area contributed by atoms with Crippen LogP contribution >= 0.6 is 0 Å². The van der Waals surface area contributed by atoms with Gasteiger partial charge in [0.2, 0.25) is 5.91 Å². The van der Waals surface area contributed by atoms with E-state index in [1.807, 2.05) is 27.7 Å². The number of amides is 1. The van der Waals surface area contributed by atoms with Crippen LogP contribution in [0.15, 0.2) is 23.7 Å². The molecular formula is C19H25BFNO5. The van der Waals surface area contributed by atoms with E-state index in [0.29, 0.717) is 5.47 Å². The van der Waals surface area contributed by atoms with Crippen LogP contribution in [0.25, 0.3) is 6.08 Å². The Hall–Kier alpha value is -2.19. The summed E-state index contributed by atoms with van der Waals surface area (Å²) in [6.45, 7) is 9.13. The van der Waals surface area contributed by atoms with Gasteiger partial charge in [-0.15, -0.1) is 0 Å². The smallest absolute Gasteiger partial charge is 0.465 e. The van der Waals surface area contributed by atoms with Crippen molar-refractivity contribution in [2.45, 2.75) is 45.8 Å². The van der Waals surface area contributed by atoms with Gasteiger partial charge < -0.3 is 19.4 Å². The van der Waals surface area contributed by atoms with Crippen molar-refractivity contribution in [2.75, 3.05) is 13.7 Å². The van der Waals surface area contributed by atoms with Crippen LogP contribution in [0.3, 0.4) is 0 Å². The quantitative estimate of drug-likeness (QED) is 0.631. The van der Waals surface area contributed by atoms with E-state index in [4.69, 9.17) is 9.31 Å². The Kier molecular flexibility index (Phi) is 6.12. The van der Waals surface area contributed by atoms with Crippen molar-refractivity contribution in [3.8, 4) is 0 Å². The van der Waals surface area contributed by atoms with Gasteiger partial charge in [-0.3, -0.25) is 4.79 Å². The molecule has 8 heteroatoms. The molecule has 2 rings (SSSR count). The Bertz CT molecular complexity index is 759. The van der Waals surface area contributed by atoms with Crippen molar-refractivity contribution in [1.29, 1.82) is 0 Å². The molecule has 1 saturated heterocycles. The standard InChI is InChI=1S/C19H25BFNO5/c1-12(23)22-11-14(20-26-18(2,3)19(4,5)27-20)10-13-8-7-9-15(16(13)21)17(24)25-6/h7-10H,11H2,1-6H3,(H,22,23). The highest BCUT2D eigenvalue weighted by Crippen LogP contribution is 2.38. The topological polar surface area (TPSA) is 73.9 Å². The van der Waals surface area contributed by atoms with Crippen LogP contribution < -0.4 is 5.32 Å². The summed E-state index contributed by atoms with van der Waals surface area (Å²) in [6, 6.07) is 4.43. The zero-order valence-electron chi connectivity index (χ0n) is 16.5. The minimum absolute atomic E-state index is 0.119. The van der Waals surface area contributed by atoms with Crippen molar-refractivity contribution in [3.63, 3.8) is 0 Å². The van der Waals surface area contributed by atoms with E-state index < -0.39 is 30.1 Å². The van der Waals surface area contributed by atoms with Gasteiger partial charge in [-0.1, -0.05) is 18.2 Å². The van der Waals surface area contributed by atoms with Crippen LogP contribution in [-0.2, 0) is 18.8 Å². The van der Waals surface area contributed by atoms with Crippen LogP contribution in [0.4, 0.5) is 4.39 Å². The second-order valence-electron chi connectivity index (χ2n) is 7.42. The van der Waals surface area contributed by atoms with Gasteiger partial charge >= 0.3 is 13.1 Å². The Morgan fingerprint density at radius 2 is 1.81 bits per heavy atom. The summed E-state index contributed by atoms with van der Waals surface area (Å²) >= 11 is 0. The maximum atomic E-state index is 14.7. The highest BCUT2D eigenvalue weighted by Gasteiger charge is 2.52. The fourth-order valence-corrected chi connectivity index (χ4v) is 2.55. The lowest BCUT2D eigenvalue weighted by Crippen LogP contribution is -2.41. The number of rotatable bonds is 5. The molecule has 27 heavy (non-hydrogen) atoms. The van der Waals surface area contributed by atoms with Crippen LogP contribution in [0.1, 0.15) is 50.5 Å². The van der Waals surface area contributed by atoms with Crippen LogP contribution in [0.2, 0.25) is 0 Å². The SMILES string of the molecule is COC(=O)c1cccc(C=C(CNC(C)=O)B2OC(C)(C)C(C)(C)O2)c1F. The van der Waals surface area contributed by atoms with Crippen molar-refractivity contribution in [3.05, 3.63) is 40.6 Å². The number of hydrogen-bond donors (Lipinski definition) is 1. The first-order valence-electron chi connectivity index (χ1n) is 8.66. The number of carbonyl (C=O) groups is 2. The molecule has 0 bridgehead atoms. The number of carbonyl (C=O) groups excluding carboxylic acids is 2. The van der Waals surface area contributed by atoms with Crippen molar-refractivity contribution in [2.24, 2.45) is 0 Å². The first kappa shape index (κ1) is 21.1. The van der Waals surface area contributed by atoms with Gasteiger partial charge in [0.15, 0.2) is 0 Å². The van der Waals surface area contributed by atoms with Gasteiger partial charge in [0, 0.05) is 19.0 Å². The fraction of sp³-hybridized carbons (Fsp3) is 0.474. The number of ether oxygens (including phenoxy) is 1. The van der Waals surface area contributed by atoms with Gasteiger partial charge in [0.1, 0.15) is 5.82 Å². The second kappa shape index (κ2) is 7.82. The average Bonchev–Trinajstić information content (AvgIpc) is 2.79. The molecule has 1 heterocycles. The molecule has 0 spiro atoms. The minimum atomic E-state index is -0.762. The summed E-state index contributed by atoms with van der Waals surface area (Å²) in [5.41, 5.74) is -0.629.